The first-order chi connectivity index (χ1) is 12.7. The van der Waals surface area contributed by atoms with E-state index < -0.39 is 0 Å². The molecule has 0 bridgehead atoms. The standard InChI is InChI=1S/C22H32N2O2/c23-20-8-11-26-21(15-20)18-6-9-24(10-7-18)22(25)14-16-12-19(13-16)17-4-2-1-3-5-17/h1-5,16,18-21H,6-15,23H2/t16?,19?,20-,21+/m1/s1. The summed E-state index contributed by atoms with van der Waals surface area (Å²) in [5.74, 6) is 2.18. The van der Waals surface area contributed by atoms with E-state index in [4.69, 9.17) is 10.5 Å². The molecule has 3 fully saturated rings. The molecule has 2 heterocycles. The Kier molecular flexibility index (Phi) is 5.60. The van der Waals surface area contributed by atoms with Crippen molar-refractivity contribution in [3.63, 3.8) is 0 Å². The monoisotopic (exact) mass is 356 g/mol. The van der Waals surface area contributed by atoms with E-state index in [2.05, 4.69) is 35.2 Å². The third-order valence-corrected chi connectivity index (χ3v) is 6.74. The number of benzene rings is 1. The number of likely N-dealkylation sites (tertiary alicyclic amines) is 1. The predicted octanol–water partition coefficient (Wildman–Crippen LogP) is 3.32. The Hall–Kier alpha value is -1.39. The zero-order valence-corrected chi connectivity index (χ0v) is 15.7. The first-order valence-corrected chi connectivity index (χ1v) is 10.4. The van der Waals surface area contributed by atoms with Gasteiger partial charge in [0.05, 0.1) is 6.10 Å². The van der Waals surface area contributed by atoms with Gasteiger partial charge in [-0.25, -0.2) is 0 Å². The molecule has 0 aromatic heterocycles. The summed E-state index contributed by atoms with van der Waals surface area (Å²) in [5.41, 5.74) is 7.53. The van der Waals surface area contributed by atoms with E-state index in [0.717, 1.165) is 51.8 Å². The van der Waals surface area contributed by atoms with Crippen LogP contribution < -0.4 is 5.73 Å². The molecule has 4 nitrogen and oxygen atoms in total. The highest BCUT2D eigenvalue weighted by molar-refractivity contribution is 5.76. The van der Waals surface area contributed by atoms with E-state index in [0.29, 0.717) is 35.8 Å². The lowest BCUT2D eigenvalue weighted by Crippen LogP contribution is -2.45. The van der Waals surface area contributed by atoms with E-state index in [1.165, 1.54) is 18.4 Å². The molecule has 1 aromatic carbocycles. The van der Waals surface area contributed by atoms with Crippen molar-refractivity contribution in [1.29, 1.82) is 0 Å². The van der Waals surface area contributed by atoms with Crippen LogP contribution in [0.15, 0.2) is 30.3 Å². The molecule has 0 radical (unpaired) electrons. The lowest BCUT2D eigenvalue weighted by molar-refractivity contribution is -0.135. The van der Waals surface area contributed by atoms with Gasteiger partial charge in [0.25, 0.3) is 0 Å². The SMILES string of the molecule is N[C@@H]1CCO[C@H](C2CCN(C(=O)CC3CC(c4ccccc4)C3)CC2)C1. The van der Waals surface area contributed by atoms with Gasteiger partial charge in [-0.15, -0.1) is 0 Å². The summed E-state index contributed by atoms with van der Waals surface area (Å²) < 4.78 is 5.95. The van der Waals surface area contributed by atoms with Crippen LogP contribution in [0.1, 0.15) is 56.4 Å². The molecule has 2 saturated heterocycles. The summed E-state index contributed by atoms with van der Waals surface area (Å²) in [6.45, 7) is 2.59. The van der Waals surface area contributed by atoms with Crippen LogP contribution in [-0.2, 0) is 9.53 Å². The molecular weight excluding hydrogens is 324 g/mol. The minimum Gasteiger partial charge on any atom is -0.378 e. The van der Waals surface area contributed by atoms with Crippen LogP contribution in [0, 0.1) is 11.8 Å². The summed E-state index contributed by atoms with van der Waals surface area (Å²) in [6.07, 6.45) is 7.50. The maximum atomic E-state index is 12.7. The second-order valence-corrected chi connectivity index (χ2v) is 8.56. The molecule has 1 saturated carbocycles. The van der Waals surface area contributed by atoms with Crippen molar-refractivity contribution in [2.75, 3.05) is 19.7 Å². The van der Waals surface area contributed by atoms with Gasteiger partial charge in [-0.1, -0.05) is 30.3 Å². The van der Waals surface area contributed by atoms with Gasteiger partial charge >= 0.3 is 0 Å². The highest BCUT2D eigenvalue weighted by atomic mass is 16.5. The van der Waals surface area contributed by atoms with Crippen LogP contribution in [0.25, 0.3) is 0 Å². The predicted molar refractivity (Wildman–Crippen MR) is 103 cm³/mol. The summed E-state index contributed by atoms with van der Waals surface area (Å²) in [4.78, 5) is 14.7. The number of rotatable bonds is 4. The molecule has 1 amide bonds. The number of nitrogens with zero attached hydrogens (tertiary/aromatic N) is 1. The van der Waals surface area contributed by atoms with Crippen LogP contribution in [0.2, 0.25) is 0 Å². The topological polar surface area (TPSA) is 55.6 Å². The first-order valence-electron chi connectivity index (χ1n) is 10.4. The summed E-state index contributed by atoms with van der Waals surface area (Å²) in [5, 5.41) is 0. The Balaban J connectivity index is 1.19. The number of ether oxygens (including phenoxy) is 1. The minimum absolute atomic E-state index is 0.296. The summed E-state index contributed by atoms with van der Waals surface area (Å²) >= 11 is 0. The van der Waals surface area contributed by atoms with Crippen LogP contribution in [0.4, 0.5) is 0 Å². The molecule has 0 spiro atoms. The highest BCUT2D eigenvalue weighted by Gasteiger charge is 2.35. The van der Waals surface area contributed by atoms with Gasteiger partial charge < -0.3 is 15.4 Å². The van der Waals surface area contributed by atoms with E-state index in [-0.39, 0.29) is 0 Å². The molecule has 2 N–H and O–H groups in total. The van der Waals surface area contributed by atoms with Crippen LogP contribution in [0.5, 0.6) is 0 Å². The number of hydrogen-bond acceptors (Lipinski definition) is 3. The molecular formula is C22H32N2O2. The molecule has 142 valence electrons. The van der Waals surface area contributed by atoms with Gasteiger partial charge in [-0.3, -0.25) is 4.79 Å². The Labute approximate surface area is 157 Å². The van der Waals surface area contributed by atoms with Crippen molar-refractivity contribution < 1.29 is 9.53 Å². The van der Waals surface area contributed by atoms with Gasteiger partial charge in [0.2, 0.25) is 5.91 Å². The van der Waals surface area contributed by atoms with Crippen molar-refractivity contribution in [2.24, 2.45) is 17.6 Å². The van der Waals surface area contributed by atoms with E-state index >= 15 is 0 Å². The molecule has 2 aliphatic heterocycles. The summed E-state index contributed by atoms with van der Waals surface area (Å²) in [7, 11) is 0. The van der Waals surface area contributed by atoms with Crippen LogP contribution in [-0.4, -0.2) is 42.6 Å². The third kappa shape index (κ3) is 4.12. The second kappa shape index (κ2) is 8.10. The molecule has 4 heteroatoms. The molecule has 0 unspecified atom stereocenters. The van der Waals surface area contributed by atoms with E-state index in [1.807, 2.05) is 0 Å². The fraction of sp³-hybridized carbons (Fsp3) is 0.682. The van der Waals surface area contributed by atoms with Crippen molar-refractivity contribution in [1.82, 2.24) is 4.90 Å². The number of hydrogen-bond donors (Lipinski definition) is 1. The van der Waals surface area contributed by atoms with Crippen molar-refractivity contribution in [3.05, 3.63) is 35.9 Å². The molecule has 1 aromatic rings. The average Bonchev–Trinajstić information content (AvgIpc) is 2.65. The molecule has 3 aliphatic rings. The lowest BCUT2D eigenvalue weighted by Gasteiger charge is -2.40. The molecule has 4 rings (SSSR count). The van der Waals surface area contributed by atoms with E-state index in [1.54, 1.807) is 0 Å². The van der Waals surface area contributed by atoms with Crippen molar-refractivity contribution >= 4 is 5.91 Å². The fourth-order valence-corrected chi connectivity index (χ4v) is 4.98. The summed E-state index contributed by atoms with van der Waals surface area (Å²) in [6, 6.07) is 11.0. The number of carbonyl (C=O) groups excluding carboxylic acids is 1. The molecule has 1 aliphatic carbocycles. The largest absolute Gasteiger partial charge is 0.378 e. The normalized spacial score (nSPS) is 32.9. The average molecular weight is 357 g/mol. The van der Waals surface area contributed by atoms with Crippen LogP contribution in [0.3, 0.4) is 0 Å². The minimum atomic E-state index is 0.296. The van der Waals surface area contributed by atoms with Gasteiger partial charge in [-0.2, -0.15) is 0 Å². The number of nitrogens with two attached hydrogens (primary N) is 1. The Morgan fingerprint density at radius 2 is 1.81 bits per heavy atom. The fourth-order valence-electron chi connectivity index (χ4n) is 4.98. The highest BCUT2D eigenvalue weighted by Crippen LogP contribution is 2.43. The lowest BCUT2D eigenvalue weighted by atomic mass is 9.70. The smallest absolute Gasteiger partial charge is 0.222 e. The quantitative estimate of drug-likeness (QED) is 0.900. The van der Waals surface area contributed by atoms with Crippen LogP contribution >= 0.6 is 0 Å². The van der Waals surface area contributed by atoms with Gasteiger partial charge in [0, 0.05) is 32.2 Å². The van der Waals surface area contributed by atoms with Crippen molar-refractivity contribution in [3.8, 4) is 0 Å². The Morgan fingerprint density at radius 1 is 1.08 bits per heavy atom. The van der Waals surface area contributed by atoms with E-state index in [9.17, 15) is 4.79 Å². The third-order valence-electron chi connectivity index (χ3n) is 6.74. The second-order valence-electron chi connectivity index (χ2n) is 8.56. The zero-order chi connectivity index (χ0) is 17.9. The maximum absolute atomic E-state index is 12.7. The van der Waals surface area contributed by atoms with Gasteiger partial charge in [0.15, 0.2) is 0 Å². The van der Waals surface area contributed by atoms with Gasteiger partial charge in [0.1, 0.15) is 0 Å². The Morgan fingerprint density at radius 3 is 2.50 bits per heavy atom. The number of carbonyl (C=O) groups is 1. The zero-order valence-electron chi connectivity index (χ0n) is 15.7. The van der Waals surface area contributed by atoms with Crippen molar-refractivity contribution in [2.45, 2.75) is 63.0 Å². The molecule has 2 atom stereocenters. The first kappa shape index (κ1) is 18.0. The van der Waals surface area contributed by atoms with Gasteiger partial charge in [-0.05, 0) is 61.8 Å². The number of amides is 1. The number of piperidine rings is 1. The maximum Gasteiger partial charge on any atom is 0.222 e. The molecule has 26 heavy (non-hydrogen) atoms. The Bertz CT molecular complexity index is 591.